The average molecular weight is 411 g/mol. The van der Waals surface area contributed by atoms with E-state index in [2.05, 4.69) is 20.5 Å². The molecule has 150 valence electrons. The van der Waals surface area contributed by atoms with E-state index in [4.69, 9.17) is 4.42 Å². The highest BCUT2D eigenvalue weighted by Gasteiger charge is 2.29. The lowest BCUT2D eigenvalue weighted by Crippen LogP contribution is -2.44. The molecule has 2 amide bonds. The molecule has 1 fully saturated rings. The number of nitrogens with one attached hydrogen (secondary N) is 1. The van der Waals surface area contributed by atoms with E-state index in [9.17, 15) is 9.59 Å². The lowest BCUT2D eigenvalue weighted by molar-refractivity contribution is -0.134. The van der Waals surface area contributed by atoms with Crippen molar-refractivity contribution in [1.29, 1.82) is 0 Å². The summed E-state index contributed by atoms with van der Waals surface area (Å²) < 4.78 is 5.75. The van der Waals surface area contributed by atoms with E-state index in [1.54, 1.807) is 10.4 Å². The first kappa shape index (κ1) is 19.3. The molecule has 1 aromatic carbocycles. The van der Waals surface area contributed by atoms with Crippen molar-refractivity contribution in [3.05, 3.63) is 47.3 Å². The fraction of sp³-hybridized carbons (Fsp3) is 0.350. The van der Waals surface area contributed by atoms with Crippen molar-refractivity contribution in [2.45, 2.75) is 26.2 Å². The molecule has 0 radical (unpaired) electrons. The first-order valence-electron chi connectivity index (χ1n) is 9.46. The van der Waals surface area contributed by atoms with Gasteiger partial charge in [0, 0.05) is 18.7 Å². The van der Waals surface area contributed by atoms with Gasteiger partial charge in [-0.2, -0.15) is 0 Å². The van der Waals surface area contributed by atoms with Gasteiger partial charge in [-0.05, 0) is 31.9 Å². The van der Waals surface area contributed by atoms with Crippen molar-refractivity contribution in [1.82, 2.24) is 20.1 Å². The Kier molecular flexibility index (Phi) is 5.66. The minimum absolute atomic E-state index is 0.0468. The Labute approximate surface area is 172 Å². The quantitative estimate of drug-likeness (QED) is 0.693. The number of nitrogens with zero attached hydrogens (tertiary/aromatic N) is 4. The molecular formula is C20H21N5O3S. The molecule has 3 heterocycles. The standard InChI is InChI=1S/C20H21N5O3S/c1-13-16(22-19(28-13)14-6-3-2-4-7-14)10-17(26)25-9-5-8-15(11-25)18(27)23-20-24-21-12-29-20/h2-4,6-7,12,15H,5,8-11H2,1H3,(H,23,24,27). The minimum Gasteiger partial charge on any atom is -0.441 e. The summed E-state index contributed by atoms with van der Waals surface area (Å²) in [6, 6.07) is 9.60. The highest BCUT2D eigenvalue weighted by atomic mass is 32.1. The summed E-state index contributed by atoms with van der Waals surface area (Å²) in [7, 11) is 0. The van der Waals surface area contributed by atoms with E-state index in [1.807, 2.05) is 37.3 Å². The van der Waals surface area contributed by atoms with Crippen LogP contribution >= 0.6 is 11.3 Å². The second kappa shape index (κ2) is 8.52. The summed E-state index contributed by atoms with van der Waals surface area (Å²) in [5, 5.41) is 10.8. The van der Waals surface area contributed by atoms with Gasteiger partial charge in [-0.25, -0.2) is 4.98 Å². The fourth-order valence-corrected chi connectivity index (χ4v) is 3.85. The predicted molar refractivity (Wildman–Crippen MR) is 108 cm³/mol. The van der Waals surface area contributed by atoms with E-state index in [0.717, 1.165) is 18.4 Å². The zero-order valence-electron chi connectivity index (χ0n) is 16.0. The van der Waals surface area contributed by atoms with Gasteiger partial charge in [-0.3, -0.25) is 9.59 Å². The van der Waals surface area contributed by atoms with E-state index in [0.29, 0.717) is 35.6 Å². The summed E-state index contributed by atoms with van der Waals surface area (Å²) in [4.78, 5) is 31.6. The number of hydrogen-bond donors (Lipinski definition) is 1. The molecule has 1 aliphatic heterocycles. The molecule has 3 aromatic rings. The molecule has 0 spiro atoms. The van der Waals surface area contributed by atoms with Gasteiger partial charge in [0.05, 0.1) is 18.0 Å². The van der Waals surface area contributed by atoms with Gasteiger partial charge in [0.15, 0.2) is 0 Å². The molecule has 8 nitrogen and oxygen atoms in total. The summed E-state index contributed by atoms with van der Waals surface area (Å²) in [5.41, 5.74) is 3.07. The van der Waals surface area contributed by atoms with Gasteiger partial charge in [-0.1, -0.05) is 29.5 Å². The first-order valence-corrected chi connectivity index (χ1v) is 10.3. The topological polar surface area (TPSA) is 101 Å². The zero-order chi connectivity index (χ0) is 20.2. The monoisotopic (exact) mass is 411 g/mol. The maximum absolute atomic E-state index is 12.8. The highest BCUT2D eigenvalue weighted by molar-refractivity contribution is 7.13. The SMILES string of the molecule is Cc1oc(-c2ccccc2)nc1CC(=O)N1CCCC(C(=O)Nc2nncs2)C1. The number of anilines is 1. The number of rotatable bonds is 5. The largest absolute Gasteiger partial charge is 0.441 e. The lowest BCUT2D eigenvalue weighted by atomic mass is 9.97. The number of carbonyl (C=O) groups excluding carboxylic acids is 2. The van der Waals surface area contributed by atoms with Crippen LogP contribution < -0.4 is 5.32 Å². The molecule has 4 rings (SSSR count). The van der Waals surface area contributed by atoms with Crippen LogP contribution in [0.15, 0.2) is 40.3 Å². The van der Waals surface area contributed by atoms with Crippen LogP contribution in [0, 0.1) is 12.8 Å². The zero-order valence-corrected chi connectivity index (χ0v) is 16.8. The number of aryl methyl sites for hydroxylation is 1. The number of carbonyl (C=O) groups is 2. The smallest absolute Gasteiger partial charge is 0.231 e. The molecule has 0 bridgehead atoms. The molecule has 1 saturated heterocycles. The number of oxazole rings is 1. The average Bonchev–Trinajstić information content (AvgIpc) is 3.38. The summed E-state index contributed by atoms with van der Waals surface area (Å²) in [6.07, 6.45) is 1.69. The molecule has 2 aromatic heterocycles. The number of aromatic nitrogens is 3. The summed E-state index contributed by atoms with van der Waals surface area (Å²) in [6.45, 7) is 2.85. The number of piperidine rings is 1. The Morgan fingerprint density at radius 2 is 2.14 bits per heavy atom. The van der Waals surface area contributed by atoms with Crippen molar-refractivity contribution >= 4 is 28.3 Å². The van der Waals surface area contributed by atoms with Crippen LogP contribution in [-0.2, 0) is 16.0 Å². The Morgan fingerprint density at radius 1 is 1.31 bits per heavy atom. The van der Waals surface area contributed by atoms with Crippen molar-refractivity contribution in [2.75, 3.05) is 18.4 Å². The van der Waals surface area contributed by atoms with E-state index in [1.165, 1.54) is 11.3 Å². The lowest BCUT2D eigenvalue weighted by Gasteiger charge is -2.31. The van der Waals surface area contributed by atoms with Crippen LogP contribution in [0.4, 0.5) is 5.13 Å². The van der Waals surface area contributed by atoms with Crippen LogP contribution in [0.2, 0.25) is 0 Å². The van der Waals surface area contributed by atoms with E-state index >= 15 is 0 Å². The van der Waals surface area contributed by atoms with Gasteiger partial charge in [0.25, 0.3) is 0 Å². The maximum Gasteiger partial charge on any atom is 0.231 e. The van der Waals surface area contributed by atoms with Crippen molar-refractivity contribution in [2.24, 2.45) is 5.92 Å². The first-order chi connectivity index (χ1) is 14.1. The number of likely N-dealkylation sites (tertiary alicyclic amines) is 1. The van der Waals surface area contributed by atoms with Crippen LogP contribution in [0.25, 0.3) is 11.5 Å². The molecule has 29 heavy (non-hydrogen) atoms. The van der Waals surface area contributed by atoms with Gasteiger partial charge >= 0.3 is 0 Å². The minimum atomic E-state index is -0.255. The van der Waals surface area contributed by atoms with Gasteiger partial charge in [-0.15, -0.1) is 10.2 Å². The van der Waals surface area contributed by atoms with Crippen molar-refractivity contribution in [3.8, 4) is 11.5 Å². The van der Waals surface area contributed by atoms with Crippen LogP contribution in [0.5, 0.6) is 0 Å². The maximum atomic E-state index is 12.8. The third kappa shape index (κ3) is 4.51. The Bertz CT molecular complexity index is 987. The number of amides is 2. The Morgan fingerprint density at radius 3 is 2.90 bits per heavy atom. The Hall–Kier alpha value is -3.07. The Balaban J connectivity index is 1.39. The van der Waals surface area contributed by atoms with E-state index in [-0.39, 0.29) is 24.2 Å². The van der Waals surface area contributed by atoms with Crippen molar-refractivity contribution in [3.63, 3.8) is 0 Å². The summed E-state index contributed by atoms with van der Waals surface area (Å²) in [5.74, 6) is 0.728. The summed E-state index contributed by atoms with van der Waals surface area (Å²) >= 11 is 1.27. The van der Waals surface area contributed by atoms with Crippen LogP contribution in [0.3, 0.4) is 0 Å². The van der Waals surface area contributed by atoms with Gasteiger partial charge in [0.2, 0.25) is 22.8 Å². The van der Waals surface area contributed by atoms with Gasteiger partial charge in [0.1, 0.15) is 11.3 Å². The third-order valence-electron chi connectivity index (χ3n) is 4.97. The van der Waals surface area contributed by atoms with E-state index < -0.39 is 0 Å². The highest BCUT2D eigenvalue weighted by Crippen LogP contribution is 2.24. The molecule has 0 saturated carbocycles. The molecule has 0 aliphatic carbocycles. The predicted octanol–water partition coefficient (Wildman–Crippen LogP) is 2.92. The van der Waals surface area contributed by atoms with Crippen LogP contribution in [0.1, 0.15) is 24.3 Å². The van der Waals surface area contributed by atoms with Crippen molar-refractivity contribution < 1.29 is 14.0 Å². The molecule has 9 heteroatoms. The third-order valence-corrected chi connectivity index (χ3v) is 5.57. The normalized spacial score (nSPS) is 16.6. The molecular weight excluding hydrogens is 390 g/mol. The molecule has 1 aliphatic rings. The number of benzene rings is 1. The second-order valence-electron chi connectivity index (χ2n) is 6.98. The van der Waals surface area contributed by atoms with Gasteiger partial charge < -0.3 is 14.6 Å². The fourth-order valence-electron chi connectivity index (χ4n) is 3.40. The molecule has 1 N–H and O–H groups in total. The number of hydrogen-bond acceptors (Lipinski definition) is 7. The molecule has 1 unspecified atom stereocenters. The molecule has 1 atom stereocenters. The second-order valence-corrected chi connectivity index (χ2v) is 7.81. The van der Waals surface area contributed by atoms with Crippen LogP contribution in [-0.4, -0.2) is 45.0 Å².